The van der Waals surface area contributed by atoms with Crippen LogP contribution in [0.3, 0.4) is 0 Å². The minimum absolute atomic E-state index is 0.0416. The number of thioether (sulfide) groups is 2. The van der Waals surface area contributed by atoms with Gasteiger partial charge in [-0.15, -0.1) is 23.1 Å². The molecule has 1 fully saturated rings. The summed E-state index contributed by atoms with van der Waals surface area (Å²) in [6, 6.07) is -1.03. The van der Waals surface area contributed by atoms with Crippen LogP contribution in [0.25, 0.3) is 0 Å². The summed E-state index contributed by atoms with van der Waals surface area (Å²) in [6.07, 6.45) is 0. The van der Waals surface area contributed by atoms with Crippen LogP contribution in [0.4, 0.5) is 5.13 Å². The van der Waals surface area contributed by atoms with Crippen LogP contribution in [0.2, 0.25) is 0 Å². The maximum absolute atomic E-state index is 12.9. The molecule has 3 N–H and O–H groups in total. The van der Waals surface area contributed by atoms with Crippen molar-refractivity contribution in [2.24, 2.45) is 12.2 Å². The Balaban J connectivity index is 1.51. The van der Waals surface area contributed by atoms with Gasteiger partial charge in [0.05, 0.1) is 17.5 Å². The summed E-state index contributed by atoms with van der Waals surface area (Å²) in [5.74, 6) is -3.74. The van der Waals surface area contributed by atoms with Crippen molar-refractivity contribution in [2.75, 3.05) is 24.3 Å². The number of rotatable bonds is 8. The molecule has 0 radical (unpaired) electrons. The maximum atomic E-state index is 12.9. The van der Waals surface area contributed by atoms with Crippen molar-refractivity contribution in [3.63, 3.8) is 0 Å². The van der Waals surface area contributed by atoms with Gasteiger partial charge >= 0.3 is 0 Å². The first-order valence-electron chi connectivity index (χ1n) is 9.89. The number of anilines is 1. The van der Waals surface area contributed by atoms with Gasteiger partial charge in [0.1, 0.15) is 24.2 Å². The molecule has 15 nitrogen and oxygen atoms in total. The molecule has 2 aliphatic heterocycles. The number of β-lactam (4-membered cyclic amide) rings is 1. The Hall–Kier alpha value is -3.64. The van der Waals surface area contributed by atoms with Crippen molar-refractivity contribution in [3.05, 3.63) is 32.7 Å². The molecule has 4 heterocycles. The number of carboxylic acid groups (broad SMARTS) is 1. The molecule has 2 aromatic rings. The number of carboxylic acids is 1. The quantitative estimate of drug-likeness (QED) is 0.143. The number of aromatic nitrogens is 4. The molecule has 0 aliphatic carbocycles. The van der Waals surface area contributed by atoms with Crippen molar-refractivity contribution in [2.45, 2.75) is 16.6 Å². The molecule has 36 heavy (non-hydrogen) atoms. The number of carbonyl (C=O) groups is 3. The number of fused-ring (bicyclic) bond motifs is 1. The zero-order valence-electron chi connectivity index (χ0n) is 18.5. The Bertz CT molecular complexity index is 1370. The van der Waals surface area contributed by atoms with Gasteiger partial charge in [0, 0.05) is 23.9 Å². The molecular weight excluding hydrogens is 536 g/mol. The predicted molar refractivity (Wildman–Crippen MR) is 125 cm³/mol. The lowest BCUT2D eigenvalue weighted by Crippen LogP contribution is -2.71. The third-order valence-corrected chi connectivity index (χ3v) is 8.08. The Morgan fingerprint density at radius 2 is 2.14 bits per heavy atom. The number of aliphatic carboxylic acids is 1. The predicted octanol–water partition coefficient (Wildman–Crippen LogP) is -3.17. The monoisotopic (exact) mass is 552 g/mol. The van der Waals surface area contributed by atoms with Crippen molar-refractivity contribution in [1.29, 1.82) is 0 Å². The number of amides is 2. The van der Waals surface area contributed by atoms with Crippen LogP contribution < -0.4 is 26.8 Å². The summed E-state index contributed by atoms with van der Waals surface area (Å²) in [5.41, 5.74) is 4.57. The van der Waals surface area contributed by atoms with E-state index in [1.807, 2.05) is 0 Å². The van der Waals surface area contributed by atoms with Crippen molar-refractivity contribution >= 4 is 63.5 Å². The summed E-state index contributed by atoms with van der Waals surface area (Å²) in [4.78, 5) is 62.5. The SMILES string of the molecule is CO/N=C(/C(=O)N[C@@H]1C(=O)N2C(C(=O)[O-])=C(CSc3nc(=O)c([O-])nn3C)CS[C@@H]12)c1csc(N)n1. The topological polar surface area (TPSA) is 221 Å². The third kappa shape index (κ3) is 4.73. The lowest BCUT2D eigenvalue weighted by Gasteiger charge is -2.50. The van der Waals surface area contributed by atoms with Gasteiger partial charge in [-0.25, -0.2) is 9.67 Å². The number of nitrogens with one attached hydrogen (secondary N) is 1. The first-order valence-corrected chi connectivity index (χ1v) is 12.8. The Morgan fingerprint density at radius 3 is 2.78 bits per heavy atom. The Labute approximate surface area is 214 Å². The lowest BCUT2D eigenvalue weighted by atomic mass is 10.0. The van der Waals surface area contributed by atoms with E-state index in [1.165, 1.54) is 31.3 Å². The number of hydrogen-bond acceptors (Lipinski definition) is 15. The summed E-state index contributed by atoms with van der Waals surface area (Å²) in [5, 5.41) is 34.1. The molecule has 2 aromatic heterocycles. The first kappa shape index (κ1) is 25.5. The molecule has 2 atom stereocenters. The highest BCUT2D eigenvalue weighted by Crippen LogP contribution is 2.41. The van der Waals surface area contributed by atoms with E-state index in [0.717, 1.165) is 32.7 Å². The number of oxime groups is 1. The highest BCUT2D eigenvalue weighted by molar-refractivity contribution is 8.01. The van der Waals surface area contributed by atoms with E-state index in [1.54, 1.807) is 0 Å². The van der Waals surface area contributed by atoms with Crippen molar-refractivity contribution in [3.8, 4) is 5.88 Å². The number of hydrogen-bond donors (Lipinski definition) is 2. The smallest absolute Gasteiger partial charge is 0.284 e. The standard InChI is InChI=1S/C18H18N8O7S3/c1-25-18(22-12(28)13(29)23-25)36-4-6-3-34-15-9(14(30)26(15)10(6)16(31)32)21-11(27)8(24-33-2)7-5-35-17(19)20-7/h5,9,15H,3-4H2,1-2H3,(H2,19,20)(H,21,27)(H,23,29)(H,31,32)/p-2/b24-8+/t9-,15+/m1/s1. The number of aryl methyl sites for hydroxylation is 1. The molecule has 0 unspecified atom stereocenters. The van der Waals surface area contributed by atoms with Gasteiger partial charge in [-0.05, 0) is 5.57 Å². The van der Waals surface area contributed by atoms with E-state index in [9.17, 15) is 29.4 Å². The normalized spacial score (nSPS) is 19.6. The minimum atomic E-state index is -1.57. The highest BCUT2D eigenvalue weighted by Gasteiger charge is 2.53. The highest BCUT2D eigenvalue weighted by atomic mass is 32.2. The molecule has 0 aromatic carbocycles. The molecule has 4 rings (SSSR count). The second kappa shape index (κ2) is 10.2. The van der Waals surface area contributed by atoms with Gasteiger partial charge < -0.3 is 30.9 Å². The van der Waals surface area contributed by atoms with E-state index in [-0.39, 0.29) is 38.9 Å². The van der Waals surface area contributed by atoms with Crippen LogP contribution in [0, 0.1) is 0 Å². The van der Waals surface area contributed by atoms with E-state index in [2.05, 4.69) is 25.5 Å². The Kier molecular flexibility index (Phi) is 7.18. The molecule has 0 spiro atoms. The molecule has 0 saturated carbocycles. The first-order chi connectivity index (χ1) is 17.1. The number of carbonyl (C=O) groups excluding carboxylic acids is 3. The van der Waals surface area contributed by atoms with Crippen LogP contribution in [-0.4, -0.2) is 78.2 Å². The van der Waals surface area contributed by atoms with E-state index in [0.29, 0.717) is 5.57 Å². The average molecular weight is 553 g/mol. The fraction of sp³-hybridized carbons (Fsp3) is 0.333. The molecule has 2 amide bonds. The maximum Gasteiger partial charge on any atom is 0.284 e. The summed E-state index contributed by atoms with van der Waals surface area (Å²) >= 11 is 3.31. The fourth-order valence-electron chi connectivity index (χ4n) is 3.39. The van der Waals surface area contributed by atoms with Gasteiger partial charge in [-0.1, -0.05) is 16.9 Å². The van der Waals surface area contributed by atoms with Crippen LogP contribution >= 0.6 is 34.9 Å². The second-order valence-electron chi connectivity index (χ2n) is 7.21. The van der Waals surface area contributed by atoms with Gasteiger partial charge in [0.15, 0.2) is 16.0 Å². The van der Waals surface area contributed by atoms with Crippen LogP contribution in [-0.2, 0) is 26.3 Å². The minimum Gasteiger partial charge on any atom is -0.854 e. The van der Waals surface area contributed by atoms with Crippen molar-refractivity contribution < 1.29 is 29.4 Å². The molecule has 1 saturated heterocycles. The van der Waals surface area contributed by atoms with Crippen LogP contribution in [0.5, 0.6) is 5.88 Å². The fourth-order valence-corrected chi connectivity index (χ4v) is 6.33. The second-order valence-corrected chi connectivity index (χ2v) is 10.1. The molecular formula is C18H16N8O7S3-2. The Morgan fingerprint density at radius 1 is 1.39 bits per heavy atom. The van der Waals surface area contributed by atoms with Crippen molar-refractivity contribution in [1.82, 2.24) is 30.0 Å². The van der Waals surface area contributed by atoms with E-state index in [4.69, 9.17) is 10.6 Å². The molecule has 18 heteroatoms. The molecule has 2 aliphatic rings. The summed E-state index contributed by atoms with van der Waals surface area (Å²) < 4.78 is 1.11. The van der Waals surface area contributed by atoms with Gasteiger partial charge in [0.25, 0.3) is 17.4 Å². The average Bonchev–Trinajstić information content (AvgIpc) is 3.27. The molecule has 190 valence electrons. The van der Waals surface area contributed by atoms with Gasteiger partial charge in [-0.2, -0.15) is 10.1 Å². The van der Waals surface area contributed by atoms with Gasteiger partial charge in [-0.3, -0.25) is 19.3 Å². The van der Waals surface area contributed by atoms with E-state index < -0.39 is 40.6 Å². The number of nitrogen functional groups attached to an aromatic ring is 1. The number of nitrogens with zero attached hydrogens (tertiary/aromatic N) is 6. The number of nitrogens with two attached hydrogens (primary N) is 1. The lowest BCUT2D eigenvalue weighted by molar-refractivity contribution is -0.301. The zero-order chi connectivity index (χ0) is 26.1. The van der Waals surface area contributed by atoms with Crippen LogP contribution in [0.1, 0.15) is 5.69 Å². The summed E-state index contributed by atoms with van der Waals surface area (Å²) in [6.45, 7) is 0. The van der Waals surface area contributed by atoms with Crippen LogP contribution in [0.15, 0.2) is 31.8 Å². The largest absolute Gasteiger partial charge is 0.854 e. The third-order valence-electron chi connectivity index (χ3n) is 4.96. The van der Waals surface area contributed by atoms with Gasteiger partial charge in [0.2, 0.25) is 0 Å². The molecule has 0 bridgehead atoms. The summed E-state index contributed by atoms with van der Waals surface area (Å²) in [7, 11) is 2.66. The van der Waals surface area contributed by atoms with E-state index >= 15 is 0 Å². The number of thiazole rings is 1. The zero-order valence-corrected chi connectivity index (χ0v) is 20.9.